The SMILES string of the molecule is CC(C)N(C)C(=O)c1ccc(NCC#Cc2cc3cc(CNC4CCOCC4)ccc3n2CC(F)(F)F)cn1. The maximum Gasteiger partial charge on any atom is 0.406 e. The molecule has 1 aliphatic heterocycles. The van der Waals surface area contributed by atoms with Gasteiger partial charge in [0.05, 0.1) is 24.1 Å². The Kier molecular flexibility index (Phi) is 9.15. The number of benzene rings is 1. The van der Waals surface area contributed by atoms with Gasteiger partial charge in [0, 0.05) is 49.8 Å². The molecule has 1 saturated heterocycles. The van der Waals surface area contributed by atoms with Gasteiger partial charge >= 0.3 is 6.18 Å². The van der Waals surface area contributed by atoms with Gasteiger partial charge in [-0.05, 0) is 68.5 Å². The molecule has 0 atom stereocenters. The molecule has 3 aromatic rings. The molecular weight excluding hydrogens is 507 g/mol. The van der Waals surface area contributed by atoms with Gasteiger partial charge in [-0.2, -0.15) is 13.2 Å². The van der Waals surface area contributed by atoms with Gasteiger partial charge in [0.2, 0.25) is 0 Å². The first-order valence-electron chi connectivity index (χ1n) is 13.1. The van der Waals surface area contributed by atoms with E-state index in [1.54, 1.807) is 42.4 Å². The number of amides is 1. The summed E-state index contributed by atoms with van der Waals surface area (Å²) in [5.41, 5.74) is 2.80. The summed E-state index contributed by atoms with van der Waals surface area (Å²) in [6.45, 7) is 5.06. The largest absolute Gasteiger partial charge is 0.406 e. The second-order valence-corrected chi connectivity index (χ2v) is 9.99. The number of nitrogens with one attached hydrogen (secondary N) is 2. The number of carbonyl (C=O) groups excluding carboxylic acids is 1. The van der Waals surface area contributed by atoms with Crippen LogP contribution in [0, 0.1) is 11.8 Å². The number of halogens is 3. The third-order valence-corrected chi connectivity index (χ3v) is 6.79. The van der Waals surface area contributed by atoms with Gasteiger partial charge in [0.1, 0.15) is 12.2 Å². The van der Waals surface area contributed by atoms with E-state index >= 15 is 0 Å². The lowest BCUT2D eigenvalue weighted by atomic mass is 10.1. The Morgan fingerprint density at radius 2 is 1.97 bits per heavy atom. The van der Waals surface area contributed by atoms with Crippen LogP contribution in [0.3, 0.4) is 0 Å². The Bertz CT molecular complexity index is 1330. The molecule has 39 heavy (non-hydrogen) atoms. The van der Waals surface area contributed by atoms with E-state index in [-0.39, 0.29) is 18.5 Å². The minimum absolute atomic E-state index is 0.0562. The summed E-state index contributed by atoms with van der Waals surface area (Å²) >= 11 is 0. The lowest BCUT2D eigenvalue weighted by Crippen LogP contribution is -2.34. The third-order valence-electron chi connectivity index (χ3n) is 6.79. The van der Waals surface area contributed by atoms with E-state index in [0.717, 1.165) is 37.0 Å². The highest BCUT2D eigenvalue weighted by molar-refractivity contribution is 5.92. The van der Waals surface area contributed by atoms with Crippen LogP contribution >= 0.6 is 0 Å². The number of fused-ring (bicyclic) bond motifs is 1. The minimum Gasteiger partial charge on any atom is -0.381 e. The molecule has 0 bridgehead atoms. The molecule has 0 unspecified atom stereocenters. The van der Waals surface area contributed by atoms with Crippen molar-refractivity contribution in [3.63, 3.8) is 0 Å². The topological polar surface area (TPSA) is 71.4 Å². The average Bonchev–Trinajstić information content (AvgIpc) is 3.24. The summed E-state index contributed by atoms with van der Waals surface area (Å²) in [4.78, 5) is 18.2. The van der Waals surface area contributed by atoms with Gasteiger partial charge in [-0.25, -0.2) is 4.98 Å². The number of nitrogens with zero attached hydrogens (tertiary/aromatic N) is 3. The van der Waals surface area contributed by atoms with Crippen LogP contribution in [0.2, 0.25) is 0 Å². The van der Waals surface area contributed by atoms with Gasteiger partial charge in [-0.3, -0.25) is 4.79 Å². The van der Waals surface area contributed by atoms with Crippen LogP contribution < -0.4 is 10.6 Å². The molecule has 1 aliphatic rings. The summed E-state index contributed by atoms with van der Waals surface area (Å²) in [6, 6.07) is 11.0. The average molecular weight is 542 g/mol. The van der Waals surface area contributed by atoms with Gasteiger partial charge in [-0.15, -0.1) is 0 Å². The second kappa shape index (κ2) is 12.5. The smallest absolute Gasteiger partial charge is 0.381 e. The predicted octanol–water partition coefficient (Wildman–Crippen LogP) is 4.81. The molecule has 0 spiro atoms. The van der Waals surface area contributed by atoms with Crippen LogP contribution in [-0.4, -0.2) is 65.4 Å². The van der Waals surface area contributed by atoms with Crippen LogP contribution in [0.4, 0.5) is 18.9 Å². The lowest BCUT2D eigenvalue weighted by Gasteiger charge is -2.23. The number of pyridine rings is 1. The molecule has 1 aromatic carbocycles. The number of alkyl halides is 3. The highest BCUT2D eigenvalue weighted by Crippen LogP contribution is 2.26. The highest BCUT2D eigenvalue weighted by Gasteiger charge is 2.29. The van der Waals surface area contributed by atoms with Gasteiger partial charge in [0.15, 0.2) is 0 Å². The summed E-state index contributed by atoms with van der Waals surface area (Å²) in [5, 5.41) is 7.31. The first-order valence-corrected chi connectivity index (χ1v) is 13.1. The normalized spacial score (nSPS) is 14.3. The van der Waals surface area contributed by atoms with Gasteiger partial charge in [-0.1, -0.05) is 12.0 Å². The maximum absolute atomic E-state index is 13.4. The molecule has 10 heteroatoms. The van der Waals surface area contributed by atoms with Crippen molar-refractivity contribution >= 4 is 22.5 Å². The van der Waals surface area contributed by atoms with Crippen molar-refractivity contribution in [3.8, 4) is 11.8 Å². The molecule has 3 heterocycles. The maximum atomic E-state index is 13.4. The van der Waals surface area contributed by atoms with Crippen molar-refractivity contribution in [2.75, 3.05) is 32.1 Å². The molecule has 0 saturated carbocycles. The van der Waals surface area contributed by atoms with Gasteiger partial charge in [0.25, 0.3) is 5.91 Å². The zero-order chi connectivity index (χ0) is 28.0. The Balaban J connectivity index is 1.45. The van der Waals surface area contributed by atoms with E-state index in [4.69, 9.17) is 4.74 Å². The fourth-order valence-electron chi connectivity index (χ4n) is 4.37. The van der Waals surface area contributed by atoms with E-state index in [1.165, 1.54) is 4.57 Å². The second-order valence-electron chi connectivity index (χ2n) is 9.99. The van der Waals surface area contributed by atoms with E-state index < -0.39 is 12.7 Å². The standard InChI is InChI=1S/C29H34F3N5O2/c1-20(2)36(3)28(38)26-8-7-24(18-35-26)33-12-4-5-25-16-22-15-21(17-34-23-10-13-39-14-11-23)6-9-27(22)37(25)19-29(30,31)32/h6-9,15-16,18,20,23,33-34H,10-14,17,19H2,1-3H3. The number of hydrogen-bond acceptors (Lipinski definition) is 5. The molecule has 1 fully saturated rings. The number of carbonyl (C=O) groups is 1. The lowest BCUT2D eigenvalue weighted by molar-refractivity contribution is -0.140. The van der Waals surface area contributed by atoms with Crippen molar-refractivity contribution in [3.05, 3.63) is 59.5 Å². The first kappa shape index (κ1) is 28.5. The summed E-state index contributed by atoms with van der Waals surface area (Å²) in [7, 11) is 1.72. The van der Waals surface area contributed by atoms with Crippen molar-refractivity contribution in [2.45, 2.75) is 58.0 Å². The Morgan fingerprint density at radius 3 is 2.64 bits per heavy atom. The number of aromatic nitrogens is 2. The van der Waals surface area contributed by atoms with Gasteiger partial charge < -0.3 is 24.8 Å². The predicted molar refractivity (Wildman–Crippen MR) is 146 cm³/mol. The van der Waals surface area contributed by atoms with Crippen molar-refractivity contribution < 1.29 is 22.7 Å². The summed E-state index contributed by atoms with van der Waals surface area (Å²) in [6.07, 6.45) is -0.935. The Morgan fingerprint density at radius 1 is 1.21 bits per heavy atom. The quantitative estimate of drug-likeness (QED) is 0.401. The molecule has 7 nitrogen and oxygen atoms in total. The fraction of sp³-hybridized carbons (Fsp3) is 0.448. The van der Waals surface area contributed by atoms with Crippen molar-refractivity contribution in [1.82, 2.24) is 19.8 Å². The monoisotopic (exact) mass is 541 g/mol. The summed E-state index contributed by atoms with van der Waals surface area (Å²) in [5.74, 6) is 5.64. The molecule has 2 N–H and O–H groups in total. The van der Waals surface area contributed by atoms with E-state index in [9.17, 15) is 18.0 Å². The number of hydrogen-bond donors (Lipinski definition) is 2. The van der Waals surface area contributed by atoms with Crippen LogP contribution in [0.25, 0.3) is 10.9 Å². The molecule has 1 amide bonds. The molecule has 208 valence electrons. The Labute approximate surface area is 226 Å². The zero-order valence-corrected chi connectivity index (χ0v) is 22.4. The first-order chi connectivity index (χ1) is 18.6. The van der Waals surface area contributed by atoms with Crippen LogP contribution in [-0.2, 0) is 17.8 Å². The van der Waals surface area contributed by atoms with E-state index in [2.05, 4.69) is 27.5 Å². The molecule has 4 rings (SSSR count). The van der Waals surface area contributed by atoms with Crippen LogP contribution in [0.1, 0.15) is 48.4 Å². The molecule has 0 radical (unpaired) electrons. The molecule has 2 aromatic heterocycles. The molecule has 0 aliphatic carbocycles. The highest BCUT2D eigenvalue weighted by atomic mass is 19.4. The minimum atomic E-state index is -4.38. The number of anilines is 1. The molecular formula is C29H34F3N5O2. The van der Waals surface area contributed by atoms with E-state index in [0.29, 0.717) is 35.2 Å². The zero-order valence-electron chi connectivity index (χ0n) is 22.4. The number of rotatable bonds is 8. The third kappa shape index (κ3) is 7.74. The number of ether oxygens (including phenoxy) is 1. The van der Waals surface area contributed by atoms with Crippen LogP contribution in [0.15, 0.2) is 42.6 Å². The summed E-state index contributed by atoms with van der Waals surface area (Å²) < 4.78 is 46.8. The Hall–Kier alpha value is -3.55. The van der Waals surface area contributed by atoms with E-state index in [1.807, 2.05) is 26.0 Å². The van der Waals surface area contributed by atoms with Crippen molar-refractivity contribution in [1.29, 1.82) is 0 Å². The van der Waals surface area contributed by atoms with Crippen LogP contribution in [0.5, 0.6) is 0 Å². The van der Waals surface area contributed by atoms with Crippen molar-refractivity contribution in [2.24, 2.45) is 0 Å². The fourth-order valence-corrected chi connectivity index (χ4v) is 4.37.